The van der Waals surface area contributed by atoms with E-state index in [2.05, 4.69) is 0 Å². The van der Waals surface area contributed by atoms with E-state index in [1.807, 2.05) is 13.8 Å². The third kappa shape index (κ3) is 7.15. The van der Waals surface area contributed by atoms with Gasteiger partial charge in [-0.25, -0.2) is 0 Å². The number of ether oxygens (including phenoxy) is 1. The summed E-state index contributed by atoms with van der Waals surface area (Å²) in [5.74, 6) is 0.242. The van der Waals surface area contributed by atoms with Gasteiger partial charge in [0.15, 0.2) is 0 Å². The number of alkyl halides is 3. The quantitative estimate of drug-likeness (QED) is 0.687. The van der Waals surface area contributed by atoms with Crippen LogP contribution in [0.5, 0.6) is 0 Å². The molecule has 0 aliphatic heterocycles. The van der Waals surface area contributed by atoms with Crippen LogP contribution in [0.3, 0.4) is 0 Å². The van der Waals surface area contributed by atoms with E-state index < -0.39 is 12.6 Å². The maximum absolute atomic E-state index is 11.7. The average molecular weight is 213 g/mol. The second-order valence-electron chi connectivity index (χ2n) is 3.61. The van der Waals surface area contributed by atoms with Gasteiger partial charge in [0.05, 0.1) is 6.10 Å². The molecule has 0 bridgehead atoms. The molecule has 14 heavy (non-hydrogen) atoms. The van der Waals surface area contributed by atoms with Gasteiger partial charge in [0.1, 0.15) is 0 Å². The van der Waals surface area contributed by atoms with Crippen LogP contribution in [0.25, 0.3) is 0 Å². The van der Waals surface area contributed by atoms with E-state index in [0.717, 1.165) is 0 Å². The Morgan fingerprint density at radius 1 is 1.29 bits per heavy atom. The van der Waals surface area contributed by atoms with Crippen molar-refractivity contribution in [2.75, 3.05) is 13.2 Å². The van der Waals surface area contributed by atoms with Gasteiger partial charge in [0, 0.05) is 19.6 Å². The summed E-state index contributed by atoms with van der Waals surface area (Å²) in [4.78, 5) is 0. The van der Waals surface area contributed by atoms with E-state index in [-0.39, 0.29) is 25.0 Å². The van der Waals surface area contributed by atoms with Gasteiger partial charge in [-0.05, 0) is 12.3 Å². The average Bonchev–Trinajstić information content (AvgIpc) is 2.01. The molecule has 0 spiro atoms. The number of hydrogen-bond donors (Lipinski definition) is 1. The summed E-state index contributed by atoms with van der Waals surface area (Å²) in [5, 5.41) is 0. The van der Waals surface area contributed by atoms with E-state index in [9.17, 15) is 13.2 Å². The lowest BCUT2D eigenvalue weighted by molar-refractivity contribution is -0.139. The summed E-state index contributed by atoms with van der Waals surface area (Å²) in [6, 6.07) is 0. The van der Waals surface area contributed by atoms with Gasteiger partial charge >= 0.3 is 6.18 Å². The molecule has 0 rings (SSSR count). The normalized spacial score (nSPS) is 14.8. The van der Waals surface area contributed by atoms with Gasteiger partial charge in [-0.3, -0.25) is 0 Å². The van der Waals surface area contributed by atoms with E-state index in [1.165, 1.54) is 0 Å². The molecule has 5 heteroatoms. The molecule has 2 N–H and O–H groups in total. The standard InChI is InChI=1S/C9H18F3NO/c1-7(2)8(6-13)14-5-3-4-9(10,11)12/h7-8H,3-6,13H2,1-2H3. The van der Waals surface area contributed by atoms with Gasteiger partial charge in [0.25, 0.3) is 0 Å². The van der Waals surface area contributed by atoms with E-state index in [4.69, 9.17) is 10.5 Å². The Labute approximate surface area is 82.6 Å². The summed E-state index contributed by atoms with van der Waals surface area (Å²) < 4.78 is 40.4. The van der Waals surface area contributed by atoms with Crippen molar-refractivity contribution >= 4 is 0 Å². The van der Waals surface area contributed by atoms with Crippen LogP contribution < -0.4 is 5.73 Å². The van der Waals surface area contributed by atoms with Gasteiger partial charge in [-0.2, -0.15) is 13.2 Å². The molecule has 0 aromatic carbocycles. The van der Waals surface area contributed by atoms with E-state index >= 15 is 0 Å². The van der Waals surface area contributed by atoms with Crippen molar-refractivity contribution in [2.45, 2.75) is 39.0 Å². The molecule has 2 nitrogen and oxygen atoms in total. The van der Waals surface area contributed by atoms with Crippen molar-refractivity contribution in [3.8, 4) is 0 Å². The third-order valence-corrected chi connectivity index (χ3v) is 1.91. The SMILES string of the molecule is CC(C)C(CN)OCCCC(F)(F)F. The Kier molecular flexibility index (Phi) is 6.11. The van der Waals surface area contributed by atoms with Gasteiger partial charge in [-0.1, -0.05) is 13.8 Å². The molecule has 0 saturated heterocycles. The fourth-order valence-corrected chi connectivity index (χ4v) is 1.04. The fourth-order valence-electron chi connectivity index (χ4n) is 1.04. The third-order valence-electron chi connectivity index (χ3n) is 1.91. The summed E-state index contributed by atoms with van der Waals surface area (Å²) in [5.41, 5.74) is 5.39. The van der Waals surface area contributed by atoms with Crippen LogP contribution in [-0.4, -0.2) is 25.4 Å². The van der Waals surface area contributed by atoms with Gasteiger partial charge in [0.2, 0.25) is 0 Å². The predicted octanol–water partition coefficient (Wildman–Crippen LogP) is 2.33. The zero-order valence-electron chi connectivity index (χ0n) is 8.60. The Morgan fingerprint density at radius 3 is 2.21 bits per heavy atom. The Morgan fingerprint density at radius 2 is 1.86 bits per heavy atom. The van der Waals surface area contributed by atoms with Crippen LogP contribution >= 0.6 is 0 Å². The molecule has 0 aromatic rings. The first-order chi connectivity index (χ1) is 6.37. The molecule has 86 valence electrons. The van der Waals surface area contributed by atoms with Crippen molar-refractivity contribution in [1.29, 1.82) is 0 Å². The highest BCUT2D eigenvalue weighted by molar-refractivity contribution is 4.62. The lowest BCUT2D eigenvalue weighted by atomic mass is 10.1. The molecule has 0 heterocycles. The van der Waals surface area contributed by atoms with Crippen LogP contribution in [0.1, 0.15) is 26.7 Å². The Bertz CT molecular complexity index is 147. The van der Waals surface area contributed by atoms with Crippen LogP contribution in [0, 0.1) is 5.92 Å². The molecule has 1 unspecified atom stereocenters. The van der Waals surface area contributed by atoms with Crippen LogP contribution in [0.15, 0.2) is 0 Å². The lowest BCUT2D eigenvalue weighted by Crippen LogP contribution is -2.29. The number of nitrogens with two attached hydrogens (primary N) is 1. The largest absolute Gasteiger partial charge is 0.389 e. The molecule has 0 aliphatic rings. The molecular weight excluding hydrogens is 195 g/mol. The van der Waals surface area contributed by atoms with Crippen molar-refractivity contribution in [3.05, 3.63) is 0 Å². The molecule has 0 aromatic heterocycles. The highest BCUT2D eigenvalue weighted by Crippen LogP contribution is 2.21. The summed E-state index contributed by atoms with van der Waals surface area (Å²) in [6.45, 7) is 4.34. The van der Waals surface area contributed by atoms with Crippen molar-refractivity contribution < 1.29 is 17.9 Å². The minimum absolute atomic E-state index is 0.00667. The molecule has 0 fully saturated rings. The second kappa shape index (κ2) is 6.24. The first-order valence-corrected chi connectivity index (χ1v) is 4.75. The van der Waals surface area contributed by atoms with Crippen LogP contribution in [0.2, 0.25) is 0 Å². The smallest absolute Gasteiger partial charge is 0.377 e. The first kappa shape index (κ1) is 13.7. The van der Waals surface area contributed by atoms with Crippen LogP contribution in [0.4, 0.5) is 13.2 Å². The maximum atomic E-state index is 11.7. The first-order valence-electron chi connectivity index (χ1n) is 4.75. The van der Waals surface area contributed by atoms with E-state index in [0.29, 0.717) is 6.54 Å². The molecule has 1 atom stereocenters. The minimum atomic E-state index is -4.08. The molecule has 0 amide bonds. The summed E-state index contributed by atoms with van der Waals surface area (Å²) >= 11 is 0. The zero-order chi connectivity index (χ0) is 11.2. The van der Waals surface area contributed by atoms with Crippen molar-refractivity contribution in [1.82, 2.24) is 0 Å². The summed E-state index contributed by atoms with van der Waals surface area (Å²) in [7, 11) is 0. The minimum Gasteiger partial charge on any atom is -0.377 e. The predicted molar refractivity (Wildman–Crippen MR) is 48.9 cm³/mol. The Hall–Kier alpha value is -0.290. The fraction of sp³-hybridized carbons (Fsp3) is 1.00. The number of hydrogen-bond acceptors (Lipinski definition) is 2. The summed E-state index contributed by atoms with van der Waals surface area (Å²) in [6.07, 6.45) is -5.00. The lowest BCUT2D eigenvalue weighted by Gasteiger charge is -2.19. The van der Waals surface area contributed by atoms with Crippen molar-refractivity contribution in [3.63, 3.8) is 0 Å². The molecular formula is C9H18F3NO. The van der Waals surface area contributed by atoms with Gasteiger partial charge in [-0.15, -0.1) is 0 Å². The molecule has 0 saturated carbocycles. The molecule has 0 aliphatic carbocycles. The topological polar surface area (TPSA) is 35.2 Å². The number of halogens is 3. The maximum Gasteiger partial charge on any atom is 0.389 e. The van der Waals surface area contributed by atoms with Gasteiger partial charge < -0.3 is 10.5 Å². The number of rotatable bonds is 6. The monoisotopic (exact) mass is 213 g/mol. The highest BCUT2D eigenvalue weighted by atomic mass is 19.4. The highest BCUT2D eigenvalue weighted by Gasteiger charge is 2.26. The van der Waals surface area contributed by atoms with E-state index in [1.54, 1.807) is 0 Å². The van der Waals surface area contributed by atoms with Crippen molar-refractivity contribution in [2.24, 2.45) is 11.7 Å². The Balaban J connectivity index is 3.52. The zero-order valence-corrected chi connectivity index (χ0v) is 8.60. The van der Waals surface area contributed by atoms with Crippen LogP contribution in [-0.2, 0) is 4.74 Å². The molecule has 0 radical (unpaired) electrons. The second-order valence-corrected chi connectivity index (χ2v) is 3.61.